The molecule has 3 aromatic rings. The number of para-hydroxylation sites is 1. The molecule has 0 aliphatic heterocycles. The van der Waals surface area contributed by atoms with E-state index in [2.05, 4.69) is 16.8 Å². The second kappa shape index (κ2) is 7.73. The molecule has 6 rings (SSSR count). The van der Waals surface area contributed by atoms with Gasteiger partial charge in [0.2, 0.25) is 11.6 Å². The number of rotatable bonds is 3. The smallest absolute Gasteiger partial charge is 0.226 e. The Kier molecular flexibility index (Phi) is 4.77. The summed E-state index contributed by atoms with van der Waals surface area (Å²) in [6.07, 6.45) is 8.71. The number of aromatic nitrogens is 3. The van der Waals surface area contributed by atoms with Crippen LogP contribution in [0.25, 0.3) is 27.1 Å². The van der Waals surface area contributed by atoms with E-state index in [1.807, 2.05) is 43.3 Å². The predicted molar refractivity (Wildman–Crippen MR) is 129 cm³/mol. The van der Waals surface area contributed by atoms with Crippen LogP contribution >= 0.6 is 0 Å². The normalized spacial score (nSPS) is 26.1. The number of hydrogen-bond acceptors (Lipinski definition) is 5. The van der Waals surface area contributed by atoms with Crippen molar-refractivity contribution in [3.63, 3.8) is 0 Å². The van der Waals surface area contributed by atoms with Gasteiger partial charge in [0.25, 0.3) is 0 Å². The van der Waals surface area contributed by atoms with Gasteiger partial charge in [-0.05, 0) is 50.2 Å². The van der Waals surface area contributed by atoms with Gasteiger partial charge in [0, 0.05) is 34.0 Å². The lowest BCUT2D eigenvalue weighted by Crippen LogP contribution is -2.46. The molecule has 1 fully saturated rings. The number of carbonyl (C=O) groups excluding carboxylic acids is 1. The van der Waals surface area contributed by atoms with E-state index >= 15 is 0 Å². The molecule has 34 heavy (non-hydrogen) atoms. The van der Waals surface area contributed by atoms with E-state index in [4.69, 9.17) is 21.3 Å². The third-order valence-corrected chi connectivity index (χ3v) is 8.00. The Morgan fingerprint density at radius 3 is 2.74 bits per heavy atom. The summed E-state index contributed by atoms with van der Waals surface area (Å²) in [6.45, 7) is 11.7. The number of ether oxygens (including phenoxy) is 1. The molecule has 6 heteroatoms. The third kappa shape index (κ3) is 3.07. The first-order valence-corrected chi connectivity index (χ1v) is 12.1. The predicted octanol–water partition coefficient (Wildman–Crippen LogP) is 5.47. The molecule has 1 saturated carbocycles. The zero-order valence-electron chi connectivity index (χ0n) is 19.4. The van der Waals surface area contributed by atoms with Crippen molar-refractivity contribution >= 4 is 16.7 Å². The molecule has 0 bridgehead atoms. The summed E-state index contributed by atoms with van der Waals surface area (Å²) in [6, 6.07) is 9.94. The van der Waals surface area contributed by atoms with Crippen LogP contribution in [0.4, 0.5) is 0 Å². The van der Waals surface area contributed by atoms with Gasteiger partial charge in [0.15, 0.2) is 11.6 Å². The van der Waals surface area contributed by atoms with Gasteiger partial charge >= 0.3 is 0 Å². The Bertz CT molecular complexity index is 1400. The lowest BCUT2D eigenvalue weighted by atomic mass is 9.58. The van der Waals surface area contributed by atoms with E-state index in [0.29, 0.717) is 11.7 Å². The average Bonchev–Trinajstić information content (AvgIpc) is 2.83. The number of hydrogen-bond donors (Lipinski definition) is 0. The quantitative estimate of drug-likeness (QED) is 0.495. The van der Waals surface area contributed by atoms with Crippen LogP contribution < -0.4 is 4.74 Å². The number of pyridine rings is 1. The first-order chi connectivity index (χ1) is 16.5. The molecule has 170 valence electrons. The van der Waals surface area contributed by atoms with Crippen LogP contribution in [0.15, 0.2) is 48.3 Å². The van der Waals surface area contributed by atoms with Gasteiger partial charge in [-0.3, -0.25) is 4.98 Å². The molecular weight excluding hydrogens is 424 g/mol. The number of fused-ring (bicyclic) bond motifs is 4. The molecular formula is C28H26N4O2. The van der Waals surface area contributed by atoms with Crippen molar-refractivity contribution in [3.05, 3.63) is 71.0 Å². The van der Waals surface area contributed by atoms with Gasteiger partial charge in [0.05, 0.1) is 17.8 Å². The Balaban J connectivity index is 1.60. The number of ketones is 1. The number of carbonyl (C=O) groups is 1. The number of Topliss-reactive ketones (excluding diaryl/α,β-unsaturated/α-hetero) is 1. The molecule has 0 unspecified atom stereocenters. The highest BCUT2D eigenvalue weighted by Gasteiger charge is 2.50. The molecule has 2 heterocycles. The summed E-state index contributed by atoms with van der Waals surface area (Å²) < 4.78 is 6.43. The van der Waals surface area contributed by atoms with E-state index in [0.717, 1.165) is 53.4 Å². The third-order valence-electron chi connectivity index (χ3n) is 8.00. The number of benzene rings is 1. The van der Waals surface area contributed by atoms with Crippen LogP contribution in [0.3, 0.4) is 0 Å². The van der Waals surface area contributed by atoms with Crippen molar-refractivity contribution in [1.82, 2.24) is 15.0 Å². The fourth-order valence-corrected chi connectivity index (χ4v) is 5.87. The molecule has 1 aromatic carbocycles. The fraction of sp³-hybridized carbons (Fsp3) is 0.393. The summed E-state index contributed by atoms with van der Waals surface area (Å²) in [5.74, 6) is 1.08. The van der Waals surface area contributed by atoms with E-state index in [1.165, 1.54) is 6.42 Å². The van der Waals surface area contributed by atoms with Gasteiger partial charge in [0.1, 0.15) is 6.10 Å². The minimum Gasteiger partial charge on any atom is -0.474 e. The number of allylic oxidation sites excluding steroid dienone is 2. The molecule has 0 spiro atoms. The van der Waals surface area contributed by atoms with Crippen LogP contribution in [-0.4, -0.2) is 26.8 Å². The van der Waals surface area contributed by atoms with Crippen molar-refractivity contribution in [2.45, 2.75) is 57.5 Å². The summed E-state index contributed by atoms with van der Waals surface area (Å²) in [4.78, 5) is 31.0. The number of nitrogens with zero attached hydrogens (tertiary/aromatic N) is 4. The topological polar surface area (TPSA) is 69.3 Å². The molecule has 0 N–H and O–H groups in total. The molecule has 3 aliphatic carbocycles. The maximum atomic E-state index is 12.8. The zero-order chi connectivity index (χ0) is 23.4. The molecule has 0 amide bonds. The SMILES string of the molecule is [C-]#[N+]C1=C[C@@]2(C)c3nc(-c4ccnc5ccccc45)nc(OC4CCC4)c3CC[C@@H]2[C@@H](C)C1=O. The van der Waals surface area contributed by atoms with Crippen molar-refractivity contribution in [3.8, 4) is 17.3 Å². The van der Waals surface area contributed by atoms with Crippen LogP contribution in [0.2, 0.25) is 0 Å². The minimum atomic E-state index is -0.529. The second-order valence-electron chi connectivity index (χ2n) is 9.95. The molecule has 2 aromatic heterocycles. The van der Waals surface area contributed by atoms with Crippen LogP contribution in [0, 0.1) is 18.4 Å². The lowest BCUT2D eigenvalue weighted by Gasteiger charge is -2.46. The summed E-state index contributed by atoms with van der Waals surface area (Å²) in [5.41, 5.74) is 3.40. The monoisotopic (exact) mass is 450 g/mol. The van der Waals surface area contributed by atoms with E-state index in [9.17, 15) is 4.79 Å². The molecule has 6 nitrogen and oxygen atoms in total. The molecule has 0 radical (unpaired) electrons. The minimum absolute atomic E-state index is 0.0544. The molecule has 0 saturated heterocycles. The molecule has 3 aliphatic rings. The Morgan fingerprint density at radius 1 is 1.15 bits per heavy atom. The standard InChI is InChI=1S/C28H26N4O2/c1-16-21-12-11-20-25(28(21,2)15-23(29-3)24(16)33)31-26(32-27(20)34-17-7-6-8-17)19-13-14-30-22-10-5-4-9-18(19)22/h4-5,9-10,13-17,21H,6-8,11-12H2,1-2H3/t16-,21-,28-/m1/s1. The Hall–Kier alpha value is -3.59. The van der Waals surface area contributed by atoms with Crippen LogP contribution in [0.1, 0.15) is 50.8 Å². The summed E-state index contributed by atoms with van der Waals surface area (Å²) in [5, 5.41) is 0.988. The van der Waals surface area contributed by atoms with Crippen molar-refractivity contribution in [2.75, 3.05) is 0 Å². The van der Waals surface area contributed by atoms with Crippen molar-refractivity contribution < 1.29 is 9.53 Å². The average molecular weight is 451 g/mol. The first kappa shape index (κ1) is 21.0. The Labute approximate surface area is 198 Å². The van der Waals surface area contributed by atoms with Gasteiger partial charge in [-0.25, -0.2) is 9.83 Å². The first-order valence-electron chi connectivity index (χ1n) is 12.1. The van der Waals surface area contributed by atoms with Gasteiger partial charge in [-0.1, -0.05) is 38.1 Å². The summed E-state index contributed by atoms with van der Waals surface area (Å²) in [7, 11) is 0. The van der Waals surface area contributed by atoms with E-state index < -0.39 is 5.41 Å². The highest BCUT2D eigenvalue weighted by molar-refractivity contribution is 6.00. The van der Waals surface area contributed by atoms with Gasteiger partial charge in [-0.15, -0.1) is 0 Å². The highest BCUT2D eigenvalue weighted by Crippen LogP contribution is 2.51. The van der Waals surface area contributed by atoms with Gasteiger partial charge in [-0.2, -0.15) is 4.98 Å². The second-order valence-corrected chi connectivity index (χ2v) is 9.95. The fourth-order valence-electron chi connectivity index (χ4n) is 5.87. The maximum Gasteiger partial charge on any atom is 0.226 e. The molecule has 3 atom stereocenters. The van der Waals surface area contributed by atoms with E-state index in [-0.39, 0.29) is 29.4 Å². The van der Waals surface area contributed by atoms with E-state index in [1.54, 1.807) is 6.20 Å². The van der Waals surface area contributed by atoms with Crippen molar-refractivity contribution in [2.24, 2.45) is 11.8 Å². The zero-order valence-corrected chi connectivity index (χ0v) is 19.4. The maximum absolute atomic E-state index is 12.8. The van der Waals surface area contributed by atoms with Crippen LogP contribution in [0.5, 0.6) is 5.88 Å². The van der Waals surface area contributed by atoms with Crippen LogP contribution in [-0.2, 0) is 16.6 Å². The Morgan fingerprint density at radius 2 is 1.97 bits per heavy atom. The van der Waals surface area contributed by atoms with Crippen molar-refractivity contribution in [1.29, 1.82) is 0 Å². The lowest BCUT2D eigenvalue weighted by molar-refractivity contribution is -0.121. The largest absolute Gasteiger partial charge is 0.474 e. The highest BCUT2D eigenvalue weighted by atomic mass is 16.5. The summed E-state index contributed by atoms with van der Waals surface area (Å²) >= 11 is 0. The van der Waals surface area contributed by atoms with Gasteiger partial charge < -0.3 is 9.53 Å².